The lowest BCUT2D eigenvalue weighted by Crippen LogP contribution is -2.09. The Balaban J connectivity index is 1.73. The van der Waals surface area contributed by atoms with Gasteiger partial charge in [0, 0.05) is 17.2 Å². The molecule has 3 rings (SSSR count). The van der Waals surface area contributed by atoms with Crippen LogP contribution in [0.3, 0.4) is 0 Å². The average molecular weight is 347 g/mol. The lowest BCUT2D eigenvalue weighted by atomic mass is 10.2. The molecule has 0 saturated heterocycles. The molecule has 2 aromatic rings. The third-order valence-corrected chi connectivity index (χ3v) is 3.47. The number of hydrogen-bond acceptors (Lipinski definition) is 5. The maximum absolute atomic E-state index is 12.0. The number of carbonyl (C=O) groups is 1. The van der Waals surface area contributed by atoms with E-state index < -0.39 is 10.8 Å². The molecule has 1 amide bonds. The number of nitro benzene ring substituents is 1. The molecule has 1 aliphatic heterocycles. The van der Waals surface area contributed by atoms with E-state index in [2.05, 4.69) is 5.32 Å². The standard InChI is InChI=1S/C16H11ClN2O5/c17-11-3-4-12(13(8-11)19(21)22)18-16(20)6-2-10-1-5-14-15(7-10)24-9-23-14/h1-8H,9H2,(H,18,20)/b6-2+. The molecule has 1 aliphatic rings. The summed E-state index contributed by atoms with van der Waals surface area (Å²) in [6.07, 6.45) is 2.84. The molecule has 0 aliphatic carbocycles. The van der Waals surface area contributed by atoms with Crippen molar-refractivity contribution in [3.05, 3.63) is 63.2 Å². The predicted octanol–water partition coefficient (Wildman–Crippen LogP) is 3.63. The highest BCUT2D eigenvalue weighted by molar-refractivity contribution is 6.31. The molecule has 1 N–H and O–H groups in total. The zero-order valence-electron chi connectivity index (χ0n) is 12.2. The molecule has 8 heteroatoms. The van der Waals surface area contributed by atoms with Gasteiger partial charge in [0.25, 0.3) is 5.69 Å². The predicted molar refractivity (Wildman–Crippen MR) is 88.3 cm³/mol. The fraction of sp³-hybridized carbons (Fsp3) is 0.0625. The molecule has 1 heterocycles. The summed E-state index contributed by atoms with van der Waals surface area (Å²) >= 11 is 5.73. The van der Waals surface area contributed by atoms with Crippen LogP contribution in [0.1, 0.15) is 5.56 Å². The topological polar surface area (TPSA) is 90.7 Å². The van der Waals surface area contributed by atoms with Crippen molar-refractivity contribution in [2.45, 2.75) is 0 Å². The first-order chi connectivity index (χ1) is 11.5. The van der Waals surface area contributed by atoms with Crippen LogP contribution in [0.2, 0.25) is 5.02 Å². The summed E-state index contributed by atoms with van der Waals surface area (Å²) in [6.45, 7) is 0.170. The van der Waals surface area contributed by atoms with Crippen LogP contribution in [0.15, 0.2) is 42.5 Å². The molecule has 122 valence electrons. The molecule has 7 nitrogen and oxygen atoms in total. The fourth-order valence-corrected chi connectivity index (χ4v) is 2.29. The molecule has 0 bridgehead atoms. The number of rotatable bonds is 4. The van der Waals surface area contributed by atoms with Crippen molar-refractivity contribution in [2.24, 2.45) is 0 Å². The van der Waals surface area contributed by atoms with Crippen LogP contribution < -0.4 is 14.8 Å². The van der Waals surface area contributed by atoms with Crippen LogP contribution in [0.5, 0.6) is 11.5 Å². The number of carbonyl (C=O) groups excluding carboxylic acids is 1. The number of halogens is 1. The number of nitrogens with zero attached hydrogens (tertiary/aromatic N) is 1. The number of nitrogens with one attached hydrogen (secondary N) is 1. The van der Waals surface area contributed by atoms with Gasteiger partial charge in [0.2, 0.25) is 12.7 Å². The third-order valence-electron chi connectivity index (χ3n) is 3.24. The summed E-state index contributed by atoms with van der Waals surface area (Å²) in [5.41, 5.74) is 0.539. The van der Waals surface area contributed by atoms with Crippen molar-refractivity contribution < 1.29 is 19.2 Å². The van der Waals surface area contributed by atoms with E-state index in [4.69, 9.17) is 21.1 Å². The highest BCUT2D eigenvalue weighted by Crippen LogP contribution is 2.33. The first-order valence-corrected chi connectivity index (χ1v) is 7.23. The zero-order valence-corrected chi connectivity index (χ0v) is 12.9. The fourth-order valence-electron chi connectivity index (χ4n) is 2.12. The Bertz CT molecular complexity index is 850. The van der Waals surface area contributed by atoms with Crippen LogP contribution >= 0.6 is 11.6 Å². The maximum atomic E-state index is 12.0. The smallest absolute Gasteiger partial charge is 0.294 e. The number of ether oxygens (including phenoxy) is 2. The van der Waals surface area contributed by atoms with E-state index >= 15 is 0 Å². The van der Waals surface area contributed by atoms with Crippen molar-refractivity contribution in [1.29, 1.82) is 0 Å². The Morgan fingerprint density at radius 2 is 2.00 bits per heavy atom. The second-order valence-corrected chi connectivity index (χ2v) is 5.29. The van der Waals surface area contributed by atoms with Crippen LogP contribution in [-0.4, -0.2) is 17.6 Å². The second-order valence-electron chi connectivity index (χ2n) is 4.85. The van der Waals surface area contributed by atoms with Gasteiger partial charge in [-0.15, -0.1) is 0 Å². The molecule has 0 radical (unpaired) electrons. The number of anilines is 1. The highest BCUT2D eigenvalue weighted by atomic mass is 35.5. The summed E-state index contributed by atoms with van der Waals surface area (Å²) in [7, 11) is 0. The molecule has 0 fully saturated rings. The van der Waals surface area contributed by atoms with E-state index in [0.717, 1.165) is 5.56 Å². The van der Waals surface area contributed by atoms with Gasteiger partial charge < -0.3 is 14.8 Å². The molecule has 24 heavy (non-hydrogen) atoms. The van der Waals surface area contributed by atoms with Gasteiger partial charge >= 0.3 is 0 Å². The maximum Gasteiger partial charge on any atom is 0.294 e. The number of benzene rings is 2. The first-order valence-electron chi connectivity index (χ1n) is 6.85. The SMILES string of the molecule is O=C(/C=C/c1ccc2c(c1)OCO2)Nc1ccc(Cl)cc1[N+](=O)[O-]. The highest BCUT2D eigenvalue weighted by Gasteiger charge is 2.16. The number of fused-ring (bicyclic) bond motifs is 1. The van der Waals surface area contributed by atoms with Crippen LogP contribution in [0.25, 0.3) is 6.08 Å². The Labute approximate surface area is 141 Å². The van der Waals surface area contributed by atoms with E-state index in [1.54, 1.807) is 24.3 Å². The monoisotopic (exact) mass is 346 g/mol. The minimum Gasteiger partial charge on any atom is -0.454 e. The van der Waals surface area contributed by atoms with Crippen molar-refractivity contribution in [2.75, 3.05) is 12.1 Å². The van der Waals surface area contributed by atoms with Crippen molar-refractivity contribution in [1.82, 2.24) is 0 Å². The van der Waals surface area contributed by atoms with Crippen molar-refractivity contribution in [3.63, 3.8) is 0 Å². The largest absolute Gasteiger partial charge is 0.454 e. The van der Waals surface area contributed by atoms with Gasteiger partial charge in [-0.3, -0.25) is 14.9 Å². The van der Waals surface area contributed by atoms with E-state index in [9.17, 15) is 14.9 Å². The summed E-state index contributed by atoms with van der Waals surface area (Å²) in [5.74, 6) is 0.748. The molecule has 0 aromatic heterocycles. The Kier molecular flexibility index (Phi) is 4.35. The quantitative estimate of drug-likeness (QED) is 0.518. The first kappa shape index (κ1) is 15.8. The molecule has 0 atom stereocenters. The van der Waals surface area contributed by atoms with E-state index in [1.165, 1.54) is 24.3 Å². The average Bonchev–Trinajstić information content (AvgIpc) is 3.02. The number of hydrogen-bond donors (Lipinski definition) is 1. The Morgan fingerprint density at radius 3 is 2.79 bits per heavy atom. The van der Waals surface area contributed by atoms with Gasteiger partial charge in [0.05, 0.1) is 4.92 Å². The zero-order chi connectivity index (χ0) is 17.1. The molecule has 0 saturated carbocycles. The minimum absolute atomic E-state index is 0.0738. The molecule has 2 aromatic carbocycles. The van der Waals surface area contributed by atoms with E-state index in [-0.39, 0.29) is 23.2 Å². The summed E-state index contributed by atoms with van der Waals surface area (Å²) < 4.78 is 10.5. The van der Waals surface area contributed by atoms with E-state index in [1.807, 2.05) is 0 Å². The van der Waals surface area contributed by atoms with Gasteiger partial charge in [0.1, 0.15) is 5.69 Å². The second kappa shape index (κ2) is 6.59. The van der Waals surface area contributed by atoms with Gasteiger partial charge in [0.15, 0.2) is 11.5 Å². The third kappa shape index (κ3) is 3.47. The summed E-state index contributed by atoms with van der Waals surface area (Å²) in [6, 6.07) is 9.26. The molecular weight excluding hydrogens is 336 g/mol. The van der Waals surface area contributed by atoms with Crippen molar-refractivity contribution in [3.8, 4) is 11.5 Å². The normalized spacial score (nSPS) is 12.4. The Morgan fingerprint density at radius 1 is 1.21 bits per heavy atom. The lowest BCUT2D eigenvalue weighted by Gasteiger charge is -2.04. The van der Waals surface area contributed by atoms with Gasteiger partial charge in [-0.2, -0.15) is 0 Å². The molecule has 0 spiro atoms. The minimum atomic E-state index is -0.608. The number of nitro groups is 1. The van der Waals surface area contributed by atoms with Crippen LogP contribution in [0, 0.1) is 10.1 Å². The molecule has 0 unspecified atom stereocenters. The van der Waals surface area contributed by atoms with Gasteiger partial charge in [-0.05, 0) is 35.9 Å². The number of amides is 1. The van der Waals surface area contributed by atoms with Gasteiger partial charge in [-0.25, -0.2) is 0 Å². The summed E-state index contributed by atoms with van der Waals surface area (Å²) in [5, 5.41) is 13.7. The van der Waals surface area contributed by atoms with E-state index in [0.29, 0.717) is 11.5 Å². The summed E-state index contributed by atoms with van der Waals surface area (Å²) in [4.78, 5) is 22.4. The van der Waals surface area contributed by atoms with Gasteiger partial charge in [-0.1, -0.05) is 17.7 Å². The van der Waals surface area contributed by atoms with Crippen LogP contribution in [-0.2, 0) is 4.79 Å². The Hall–Kier alpha value is -3.06. The molecular formula is C16H11ClN2O5. The lowest BCUT2D eigenvalue weighted by molar-refractivity contribution is -0.383. The van der Waals surface area contributed by atoms with Crippen LogP contribution in [0.4, 0.5) is 11.4 Å². The van der Waals surface area contributed by atoms with Crippen molar-refractivity contribution >= 4 is 35.0 Å².